The predicted molar refractivity (Wildman–Crippen MR) is 101 cm³/mol. The van der Waals surface area contributed by atoms with Crippen molar-refractivity contribution in [2.24, 2.45) is 0 Å². The molecule has 146 valence electrons. The van der Waals surface area contributed by atoms with Gasteiger partial charge in [-0.3, -0.25) is 0 Å². The van der Waals surface area contributed by atoms with Crippen LogP contribution in [0.1, 0.15) is 37.1 Å². The van der Waals surface area contributed by atoms with E-state index in [2.05, 4.69) is 10.1 Å². The number of nitrogens with zero attached hydrogens (tertiary/aromatic N) is 3. The van der Waals surface area contributed by atoms with E-state index >= 15 is 0 Å². The maximum absolute atomic E-state index is 11.9. The number of benzene rings is 1. The van der Waals surface area contributed by atoms with E-state index in [1.54, 1.807) is 4.52 Å². The fourth-order valence-corrected chi connectivity index (χ4v) is 3.40. The number of nitrogen functional groups attached to an aromatic ring is 1. The zero-order chi connectivity index (χ0) is 19.6. The van der Waals surface area contributed by atoms with Gasteiger partial charge in [-0.2, -0.15) is 5.10 Å². The van der Waals surface area contributed by atoms with Gasteiger partial charge in [0.15, 0.2) is 5.82 Å². The Labute approximate surface area is 162 Å². The standard InChI is InChI=1S/C20H22N4O4/c1-20(12-27-19(25)26-11-14-5-3-2-4-6-14)10-9-17(28-20)15-7-8-16-18(21)22-13-23-24(15)16/h2-8,13,17H,9-12H2,1H3,(H2,21,22,23)/t17-,20+/m1/s1. The Bertz CT molecular complexity index is 975. The number of carbonyl (C=O) groups excluding carboxylic acids is 1. The molecule has 0 unspecified atom stereocenters. The van der Waals surface area contributed by atoms with Gasteiger partial charge in [-0.25, -0.2) is 14.3 Å². The Morgan fingerprint density at radius 2 is 2.11 bits per heavy atom. The number of nitrogens with two attached hydrogens (primary N) is 1. The summed E-state index contributed by atoms with van der Waals surface area (Å²) in [4.78, 5) is 15.9. The van der Waals surface area contributed by atoms with Crippen LogP contribution in [0.5, 0.6) is 0 Å². The summed E-state index contributed by atoms with van der Waals surface area (Å²) in [5.41, 5.74) is 7.86. The van der Waals surface area contributed by atoms with Crippen LogP contribution in [0.4, 0.5) is 10.6 Å². The first-order valence-corrected chi connectivity index (χ1v) is 9.13. The quantitative estimate of drug-likeness (QED) is 0.676. The van der Waals surface area contributed by atoms with Gasteiger partial charge >= 0.3 is 6.16 Å². The van der Waals surface area contributed by atoms with Crippen LogP contribution in [-0.4, -0.2) is 33.0 Å². The lowest BCUT2D eigenvalue weighted by atomic mass is 10.0. The molecule has 1 saturated heterocycles. The van der Waals surface area contributed by atoms with E-state index < -0.39 is 11.8 Å². The van der Waals surface area contributed by atoms with Crippen molar-refractivity contribution in [2.75, 3.05) is 12.3 Å². The van der Waals surface area contributed by atoms with Gasteiger partial charge in [0.1, 0.15) is 36.8 Å². The van der Waals surface area contributed by atoms with Gasteiger partial charge in [0.05, 0.1) is 5.69 Å². The Morgan fingerprint density at radius 3 is 2.93 bits per heavy atom. The average molecular weight is 382 g/mol. The highest BCUT2D eigenvalue weighted by molar-refractivity contribution is 5.65. The van der Waals surface area contributed by atoms with Crippen LogP contribution < -0.4 is 5.73 Å². The molecule has 0 amide bonds. The Balaban J connectivity index is 1.33. The van der Waals surface area contributed by atoms with Gasteiger partial charge in [0.25, 0.3) is 0 Å². The largest absolute Gasteiger partial charge is 0.508 e. The van der Waals surface area contributed by atoms with E-state index in [4.69, 9.17) is 19.9 Å². The molecule has 1 aliphatic heterocycles. The minimum atomic E-state index is -0.703. The molecule has 0 radical (unpaired) electrons. The monoisotopic (exact) mass is 382 g/mol. The molecule has 1 aromatic carbocycles. The van der Waals surface area contributed by atoms with Crippen molar-refractivity contribution in [3.63, 3.8) is 0 Å². The summed E-state index contributed by atoms with van der Waals surface area (Å²) in [6.07, 6.45) is 2.09. The predicted octanol–water partition coefficient (Wildman–Crippen LogP) is 3.28. The lowest BCUT2D eigenvalue weighted by Crippen LogP contribution is -2.31. The van der Waals surface area contributed by atoms with Crippen LogP contribution in [0.3, 0.4) is 0 Å². The zero-order valence-corrected chi connectivity index (χ0v) is 15.6. The van der Waals surface area contributed by atoms with Gasteiger partial charge in [-0.05, 0) is 37.5 Å². The number of hydrogen-bond donors (Lipinski definition) is 1. The van der Waals surface area contributed by atoms with Crippen LogP contribution in [0, 0.1) is 0 Å². The molecule has 28 heavy (non-hydrogen) atoms. The fraction of sp³-hybridized carbons (Fsp3) is 0.350. The highest BCUT2D eigenvalue weighted by Crippen LogP contribution is 2.40. The number of ether oxygens (including phenoxy) is 3. The molecule has 3 heterocycles. The van der Waals surface area contributed by atoms with E-state index in [0.717, 1.165) is 29.6 Å². The molecule has 0 aliphatic carbocycles. The first-order valence-electron chi connectivity index (χ1n) is 9.13. The normalized spacial score (nSPS) is 21.7. The molecular weight excluding hydrogens is 360 g/mol. The molecule has 3 aromatic rings. The first kappa shape index (κ1) is 18.2. The van der Waals surface area contributed by atoms with E-state index in [9.17, 15) is 4.79 Å². The lowest BCUT2D eigenvalue weighted by molar-refractivity contribution is -0.0770. The molecule has 0 saturated carbocycles. The van der Waals surface area contributed by atoms with Crippen LogP contribution in [0.25, 0.3) is 5.52 Å². The summed E-state index contributed by atoms with van der Waals surface area (Å²) in [6.45, 7) is 2.23. The minimum absolute atomic E-state index is 0.123. The average Bonchev–Trinajstić information content (AvgIpc) is 3.31. The van der Waals surface area contributed by atoms with Crippen LogP contribution >= 0.6 is 0 Å². The summed E-state index contributed by atoms with van der Waals surface area (Å²) >= 11 is 0. The number of carbonyl (C=O) groups is 1. The molecule has 1 fully saturated rings. The van der Waals surface area contributed by atoms with Crippen molar-refractivity contribution in [1.82, 2.24) is 14.6 Å². The Kier molecular flexibility index (Phi) is 4.87. The smallest absolute Gasteiger partial charge is 0.431 e. The van der Waals surface area contributed by atoms with Crippen LogP contribution in [-0.2, 0) is 20.8 Å². The van der Waals surface area contributed by atoms with Gasteiger partial charge in [0.2, 0.25) is 0 Å². The second-order valence-electron chi connectivity index (χ2n) is 7.11. The topological polar surface area (TPSA) is 101 Å². The summed E-state index contributed by atoms with van der Waals surface area (Å²) in [5.74, 6) is 0.423. The molecule has 2 N–H and O–H groups in total. The van der Waals surface area contributed by atoms with Crippen molar-refractivity contribution in [3.8, 4) is 0 Å². The Hall–Kier alpha value is -3.13. The molecule has 4 rings (SSSR count). The third-order valence-electron chi connectivity index (χ3n) is 4.90. The fourth-order valence-electron chi connectivity index (χ4n) is 3.40. The third kappa shape index (κ3) is 3.77. The lowest BCUT2D eigenvalue weighted by Gasteiger charge is -2.24. The van der Waals surface area contributed by atoms with Crippen molar-refractivity contribution in [2.45, 2.75) is 38.1 Å². The number of anilines is 1. The number of aromatic nitrogens is 3. The molecule has 1 aliphatic rings. The van der Waals surface area contributed by atoms with Crippen LogP contribution in [0.15, 0.2) is 48.8 Å². The summed E-state index contributed by atoms with van der Waals surface area (Å²) in [7, 11) is 0. The van der Waals surface area contributed by atoms with Gasteiger partial charge in [-0.15, -0.1) is 0 Å². The van der Waals surface area contributed by atoms with Gasteiger partial charge in [-0.1, -0.05) is 30.3 Å². The minimum Gasteiger partial charge on any atom is -0.431 e. The van der Waals surface area contributed by atoms with Crippen molar-refractivity contribution in [3.05, 3.63) is 60.0 Å². The van der Waals surface area contributed by atoms with Gasteiger partial charge < -0.3 is 19.9 Å². The third-order valence-corrected chi connectivity index (χ3v) is 4.90. The number of rotatable bonds is 5. The number of fused-ring (bicyclic) bond motifs is 1. The highest BCUT2D eigenvalue weighted by Gasteiger charge is 2.39. The molecule has 2 aromatic heterocycles. The van der Waals surface area contributed by atoms with Crippen molar-refractivity contribution >= 4 is 17.5 Å². The summed E-state index contributed by atoms with van der Waals surface area (Å²) < 4.78 is 18.4. The van der Waals surface area contributed by atoms with E-state index in [1.165, 1.54) is 6.33 Å². The maximum Gasteiger partial charge on any atom is 0.508 e. The molecule has 2 atom stereocenters. The summed E-state index contributed by atoms with van der Waals surface area (Å²) in [6, 6.07) is 13.3. The SMILES string of the molecule is C[C@@]1(COC(=O)OCc2ccccc2)CC[C@H](c2ccc3c(N)ncnn23)O1. The van der Waals surface area contributed by atoms with Gasteiger partial charge in [0, 0.05) is 0 Å². The van der Waals surface area contributed by atoms with E-state index in [1.807, 2.05) is 49.4 Å². The highest BCUT2D eigenvalue weighted by atomic mass is 16.7. The zero-order valence-electron chi connectivity index (χ0n) is 15.6. The molecule has 0 spiro atoms. The van der Waals surface area contributed by atoms with E-state index in [0.29, 0.717) is 5.82 Å². The number of hydrogen-bond acceptors (Lipinski definition) is 7. The second-order valence-corrected chi connectivity index (χ2v) is 7.11. The maximum atomic E-state index is 11.9. The van der Waals surface area contributed by atoms with Crippen molar-refractivity contribution in [1.29, 1.82) is 0 Å². The first-order chi connectivity index (χ1) is 13.5. The Morgan fingerprint density at radius 1 is 1.29 bits per heavy atom. The van der Waals surface area contributed by atoms with Crippen molar-refractivity contribution < 1.29 is 19.0 Å². The molecule has 8 nitrogen and oxygen atoms in total. The van der Waals surface area contributed by atoms with E-state index in [-0.39, 0.29) is 19.3 Å². The molecule has 8 heteroatoms. The second kappa shape index (κ2) is 7.47. The molecular formula is C20H22N4O4. The summed E-state index contributed by atoms with van der Waals surface area (Å²) in [5, 5.41) is 4.26. The van der Waals surface area contributed by atoms with Crippen LogP contribution in [0.2, 0.25) is 0 Å². The molecule has 0 bridgehead atoms.